The maximum atomic E-state index is 12.5. The predicted octanol–water partition coefficient (Wildman–Crippen LogP) is 1.94. The molecule has 1 aromatic carbocycles. The normalized spacial score (nSPS) is 23.5. The molecule has 3 rings (SSSR count). The van der Waals surface area contributed by atoms with E-state index in [0.717, 1.165) is 11.3 Å². The SMILES string of the molecule is C[C@@H]([C@@H]1Cc2ccccc2O1)N(C)S(=O)(=O)CC1(C#N)CC1. The second kappa shape index (κ2) is 5.25. The summed E-state index contributed by atoms with van der Waals surface area (Å²) in [5.74, 6) is 0.748. The highest BCUT2D eigenvalue weighted by atomic mass is 32.2. The zero-order valence-corrected chi connectivity index (χ0v) is 13.6. The van der Waals surface area contributed by atoms with Crippen LogP contribution in [-0.2, 0) is 16.4 Å². The zero-order valence-electron chi connectivity index (χ0n) is 12.8. The maximum Gasteiger partial charge on any atom is 0.215 e. The Kier molecular flexibility index (Phi) is 3.66. The molecule has 1 saturated carbocycles. The van der Waals surface area contributed by atoms with E-state index in [1.54, 1.807) is 7.05 Å². The van der Waals surface area contributed by atoms with Gasteiger partial charge in [-0.3, -0.25) is 0 Å². The minimum Gasteiger partial charge on any atom is -0.488 e. The Morgan fingerprint density at radius 1 is 1.45 bits per heavy atom. The number of sulfonamides is 1. The molecule has 2 aliphatic rings. The lowest BCUT2D eigenvalue weighted by Gasteiger charge is -2.29. The lowest BCUT2D eigenvalue weighted by Crippen LogP contribution is -2.46. The predicted molar refractivity (Wildman–Crippen MR) is 82.9 cm³/mol. The summed E-state index contributed by atoms with van der Waals surface area (Å²) in [7, 11) is -1.88. The van der Waals surface area contributed by atoms with Crippen LogP contribution >= 0.6 is 0 Å². The van der Waals surface area contributed by atoms with Crippen molar-refractivity contribution >= 4 is 10.0 Å². The van der Waals surface area contributed by atoms with Crippen molar-refractivity contribution in [2.45, 2.75) is 38.3 Å². The van der Waals surface area contributed by atoms with Gasteiger partial charge in [0.05, 0.1) is 23.3 Å². The molecule has 2 atom stereocenters. The van der Waals surface area contributed by atoms with Crippen molar-refractivity contribution in [1.82, 2.24) is 4.31 Å². The van der Waals surface area contributed by atoms with Crippen LogP contribution in [0.3, 0.4) is 0 Å². The summed E-state index contributed by atoms with van der Waals surface area (Å²) < 4.78 is 32.3. The standard InChI is InChI=1S/C16H20N2O3S/c1-12(15-9-13-5-3-4-6-14(13)21-15)18(2)22(19,20)11-16(10-17)7-8-16/h3-6,12,15H,7-9,11H2,1-2H3/t12-,15-/m0/s1. The molecule has 1 aliphatic heterocycles. The number of nitrogens with zero attached hydrogens (tertiary/aromatic N) is 2. The van der Waals surface area contributed by atoms with Gasteiger partial charge in [0.25, 0.3) is 0 Å². The topological polar surface area (TPSA) is 70.4 Å². The molecule has 1 fully saturated rings. The van der Waals surface area contributed by atoms with E-state index in [9.17, 15) is 8.42 Å². The molecule has 0 aromatic heterocycles. The van der Waals surface area contributed by atoms with E-state index >= 15 is 0 Å². The Hall–Kier alpha value is -1.58. The second-order valence-corrected chi connectivity index (χ2v) is 8.40. The highest BCUT2D eigenvalue weighted by molar-refractivity contribution is 7.89. The number of nitriles is 1. The van der Waals surface area contributed by atoms with Gasteiger partial charge in [0, 0.05) is 13.5 Å². The molecule has 1 aliphatic carbocycles. The van der Waals surface area contributed by atoms with Gasteiger partial charge in [-0.1, -0.05) is 18.2 Å². The van der Waals surface area contributed by atoms with E-state index < -0.39 is 15.4 Å². The third-order valence-corrected chi connectivity index (χ3v) is 6.90. The van der Waals surface area contributed by atoms with Crippen LogP contribution in [0.1, 0.15) is 25.3 Å². The number of benzene rings is 1. The summed E-state index contributed by atoms with van der Waals surface area (Å²) in [6.07, 6.45) is 1.88. The van der Waals surface area contributed by atoms with Crippen LogP contribution in [0.15, 0.2) is 24.3 Å². The van der Waals surface area contributed by atoms with E-state index in [1.807, 2.05) is 31.2 Å². The van der Waals surface area contributed by atoms with Gasteiger partial charge in [-0.15, -0.1) is 0 Å². The Balaban J connectivity index is 1.70. The van der Waals surface area contributed by atoms with Crippen LogP contribution in [0, 0.1) is 16.7 Å². The summed E-state index contributed by atoms with van der Waals surface area (Å²) in [5.41, 5.74) is 0.451. The van der Waals surface area contributed by atoms with E-state index in [0.29, 0.717) is 19.3 Å². The van der Waals surface area contributed by atoms with Crippen LogP contribution in [0.2, 0.25) is 0 Å². The number of hydrogen-bond acceptors (Lipinski definition) is 4. The lowest BCUT2D eigenvalue weighted by atomic mass is 10.1. The van der Waals surface area contributed by atoms with E-state index in [-0.39, 0.29) is 17.9 Å². The molecule has 0 spiro atoms. The molecule has 0 N–H and O–H groups in total. The third kappa shape index (κ3) is 2.71. The minimum atomic E-state index is -3.46. The molecule has 118 valence electrons. The van der Waals surface area contributed by atoms with Crippen molar-refractivity contribution in [3.8, 4) is 11.8 Å². The van der Waals surface area contributed by atoms with E-state index in [4.69, 9.17) is 10.00 Å². The minimum absolute atomic E-state index is 0.0863. The fourth-order valence-electron chi connectivity index (χ4n) is 2.86. The largest absolute Gasteiger partial charge is 0.488 e. The average Bonchev–Trinajstić information content (AvgIpc) is 3.12. The smallest absolute Gasteiger partial charge is 0.215 e. The molecular weight excluding hydrogens is 300 g/mol. The van der Waals surface area contributed by atoms with Gasteiger partial charge in [-0.25, -0.2) is 8.42 Å². The highest BCUT2D eigenvalue weighted by Crippen LogP contribution is 2.46. The van der Waals surface area contributed by atoms with Crippen molar-refractivity contribution in [2.24, 2.45) is 5.41 Å². The summed E-state index contributed by atoms with van der Waals surface area (Å²) in [4.78, 5) is 0. The zero-order chi connectivity index (χ0) is 16.0. The Bertz CT molecular complexity index is 694. The molecule has 1 aromatic rings. The number of fused-ring (bicyclic) bond motifs is 1. The van der Waals surface area contributed by atoms with Gasteiger partial charge in [-0.05, 0) is 31.4 Å². The number of likely N-dealkylation sites (N-methyl/N-ethyl adjacent to an activating group) is 1. The first-order valence-corrected chi connectivity index (χ1v) is 9.09. The molecule has 1 heterocycles. The van der Waals surface area contributed by atoms with Crippen molar-refractivity contribution in [2.75, 3.05) is 12.8 Å². The van der Waals surface area contributed by atoms with Gasteiger partial charge >= 0.3 is 0 Å². The summed E-state index contributed by atoms with van der Waals surface area (Å²) in [5, 5.41) is 9.11. The van der Waals surface area contributed by atoms with Gasteiger partial charge in [0.1, 0.15) is 11.9 Å². The van der Waals surface area contributed by atoms with Crippen molar-refractivity contribution in [3.05, 3.63) is 29.8 Å². The molecular formula is C16H20N2O3S. The first kappa shape index (κ1) is 15.3. The molecule has 0 radical (unpaired) electrons. The van der Waals surface area contributed by atoms with Crippen LogP contribution in [0.5, 0.6) is 5.75 Å². The molecule has 6 heteroatoms. The summed E-state index contributed by atoms with van der Waals surface area (Å²) in [6, 6.07) is 9.66. The fraction of sp³-hybridized carbons (Fsp3) is 0.562. The van der Waals surface area contributed by atoms with Crippen LogP contribution in [-0.4, -0.2) is 37.7 Å². The summed E-state index contributed by atoms with van der Waals surface area (Å²) in [6.45, 7) is 1.86. The Morgan fingerprint density at radius 2 is 2.14 bits per heavy atom. The molecule has 5 nitrogen and oxygen atoms in total. The Labute approximate surface area is 131 Å². The molecule has 0 unspecified atom stereocenters. The number of ether oxygens (including phenoxy) is 1. The summed E-state index contributed by atoms with van der Waals surface area (Å²) >= 11 is 0. The number of rotatable bonds is 5. The molecule has 0 saturated heterocycles. The third-order valence-electron chi connectivity index (χ3n) is 4.77. The van der Waals surface area contributed by atoms with Gasteiger partial charge in [-0.2, -0.15) is 9.57 Å². The van der Waals surface area contributed by atoms with Crippen molar-refractivity contribution < 1.29 is 13.2 Å². The van der Waals surface area contributed by atoms with E-state index in [2.05, 4.69) is 6.07 Å². The van der Waals surface area contributed by atoms with E-state index in [1.165, 1.54) is 4.31 Å². The van der Waals surface area contributed by atoms with Crippen LogP contribution in [0.4, 0.5) is 0 Å². The fourth-order valence-corrected chi connectivity index (χ4v) is 4.75. The van der Waals surface area contributed by atoms with Gasteiger partial charge in [0.2, 0.25) is 10.0 Å². The molecule has 0 bridgehead atoms. The number of para-hydroxylation sites is 1. The lowest BCUT2D eigenvalue weighted by molar-refractivity contribution is 0.153. The first-order chi connectivity index (χ1) is 10.4. The quantitative estimate of drug-likeness (QED) is 0.831. The first-order valence-electron chi connectivity index (χ1n) is 7.48. The van der Waals surface area contributed by atoms with Crippen molar-refractivity contribution in [3.63, 3.8) is 0 Å². The maximum absolute atomic E-state index is 12.5. The van der Waals surface area contributed by atoms with Gasteiger partial charge < -0.3 is 4.74 Å². The second-order valence-electron chi connectivity index (χ2n) is 6.37. The number of hydrogen-bond donors (Lipinski definition) is 0. The monoisotopic (exact) mass is 320 g/mol. The molecule has 22 heavy (non-hydrogen) atoms. The van der Waals surface area contributed by atoms with Crippen LogP contribution in [0.25, 0.3) is 0 Å². The van der Waals surface area contributed by atoms with Crippen LogP contribution < -0.4 is 4.74 Å². The average molecular weight is 320 g/mol. The molecule has 0 amide bonds. The van der Waals surface area contributed by atoms with Crippen molar-refractivity contribution in [1.29, 1.82) is 5.26 Å². The van der Waals surface area contributed by atoms with Gasteiger partial charge in [0.15, 0.2) is 0 Å². The highest BCUT2D eigenvalue weighted by Gasteiger charge is 2.48. The Morgan fingerprint density at radius 3 is 2.73 bits per heavy atom.